The summed E-state index contributed by atoms with van der Waals surface area (Å²) in [4.78, 5) is 11.9. The highest BCUT2D eigenvalue weighted by Gasteiger charge is 2.09. The van der Waals surface area contributed by atoms with Crippen molar-refractivity contribution < 1.29 is 9.53 Å². The fourth-order valence-corrected chi connectivity index (χ4v) is 1.26. The van der Waals surface area contributed by atoms with E-state index in [0.29, 0.717) is 24.2 Å². The minimum absolute atomic E-state index is 0.0477. The third kappa shape index (κ3) is 3.24. The van der Waals surface area contributed by atoms with E-state index in [0.717, 1.165) is 0 Å². The SMILES string of the molecule is CCO/C=C(\CC)C(=O)c1ccccc1. The second-order valence-electron chi connectivity index (χ2n) is 3.15. The number of carbonyl (C=O) groups excluding carboxylic acids is 1. The van der Waals surface area contributed by atoms with E-state index in [1.807, 2.05) is 44.2 Å². The van der Waals surface area contributed by atoms with Crippen molar-refractivity contribution in [3.8, 4) is 0 Å². The van der Waals surface area contributed by atoms with E-state index in [4.69, 9.17) is 4.74 Å². The van der Waals surface area contributed by atoms with Crippen molar-refractivity contribution in [3.63, 3.8) is 0 Å². The Labute approximate surface area is 90.6 Å². The average molecular weight is 204 g/mol. The summed E-state index contributed by atoms with van der Waals surface area (Å²) in [7, 11) is 0. The first kappa shape index (κ1) is 11.5. The summed E-state index contributed by atoms with van der Waals surface area (Å²) in [6, 6.07) is 9.26. The van der Waals surface area contributed by atoms with E-state index in [1.54, 1.807) is 6.26 Å². The fraction of sp³-hybridized carbons (Fsp3) is 0.308. The van der Waals surface area contributed by atoms with Crippen LogP contribution in [0.3, 0.4) is 0 Å². The van der Waals surface area contributed by atoms with E-state index < -0.39 is 0 Å². The topological polar surface area (TPSA) is 26.3 Å². The molecule has 0 amide bonds. The summed E-state index contributed by atoms with van der Waals surface area (Å²) in [5.74, 6) is 0.0477. The van der Waals surface area contributed by atoms with Crippen LogP contribution in [0, 0.1) is 0 Å². The van der Waals surface area contributed by atoms with Crippen LogP contribution in [0.4, 0.5) is 0 Å². The molecule has 0 saturated carbocycles. The predicted octanol–water partition coefficient (Wildman–Crippen LogP) is 3.20. The van der Waals surface area contributed by atoms with Gasteiger partial charge in [-0.05, 0) is 13.3 Å². The smallest absolute Gasteiger partial charge is 0.192 e. The van der Waals surface area contributed by atoms with Crippen LogP contribution in [0.25, 0.3) is 0 Å². The van der Waals surface area contributed by atoms with Gasteiger partial charge in [-0.15, -0.1) is 0 Å². The second kappa shape index (κ2) is 6.02. The number of carbonyl (C=O) groups is 1. The van der Waals surface area contributed by atoms with Gasteiger partial charge in [-0.2, -0.15) is 0 Å². The lowest BCUT2D eigenvalue weighted by molar-refractivity contribution is 0.102. The molecule has 1 rings (SSSR count). The van der Waals surface area contributed by atoms with E-state index in [-0.39, 0.29) is 5.78 Å². The average Bonchev–Trinajstić information content (AvgIpc) is 2.31. The molecule has 0 N–H and O–H groups in total. The maximum atomic E-state index is 11.9. The lowest BCUT2D eigenvalue weighted by atomic mass is 10.0. The zero-order valence-corrected chi connectivity index (χ0v) is 9.19. The van der Waals surface area contributed by atoms with Crippen molar-refractivity contribution >= 4 is 5.78 Å². The van der Waals surface area contributed by atoms with Gasteiger partial charge in [-0.1, -0.05) is 37.3 Å². The number of benzene rings is 1. The number of hydrogen-bond donors (Lipinski definition) is 0. The van der Waals surface area contributed by atoms with Crippen LogP contribution in [0.2, 0.25) is 0 Å². The molecule has 1 aromatic rings. The summed E-state index contributed by atoms with van der Waals surface area (Å²) in [6.45, 7) is 4.44. The van der Waals surface area contributed by atoms with Gasteiger partial charge in [0.2, 0.25) is 0 Å². The lowest BCUT2D eigenvalue weighted by Crippen LogP contribution is -2.03. The van der Waals surface area contributed by atoms with Crippen LogP contribution in [-0.4, -0.2) is 12.4 Å². The minimum Gasteiger partial charge on any atom is -0.501 e. The van der Waals surface area contributed by atoms with Crippen LogP contribution in [0.5, 0.6) is 0 Å². The van der Waals surface area contributed by atoms with Crippen LogP contribution >= 0.6 is 0 Å². The van der Waals surface area contributed by atoms with Crippen molar-refractivity contribution in [2.45, 2.75) is 20.3 Å². The Morgan fingerprint density at radius 1 is 1.27 bits per heavy atom. The standard InChI is InChI=1S/C13H16O2/c1-3-11(10-15-4-2)13(14)12-8-6-5-7-9-12/h5-10H,3-4H2,1-2H3/b11-10+. The Balaban J connectivity index is 2.83. The minimum atomic E-state index is 0.0477. The third-order valence-corrected chi connectivity index (χ3v) is 2.10. The molecule has 0 bridgehead atoms. The molecule has 1 aromatic carbocycles. The van der Waals surface area contributed by atoms with Gasteiger partial charge in [0.25, 0.3) is 0 Å². The van der Waals surface area contributed by atoms with Crippen molar-refractivity contribution in [2.75, 3.05) is 6.61 Å². The first-order valence-electron chi connectivity index (χ1n) is 5.20. The number of Topliss-reactive ketones (excluding diaryl/α,β-unsaturated/α-hetero) is 1. The number of hydrogen-bond acceptors (Lipinski definition) is 2. The molecule has 0 aliphatic heterocycles. The molecule has 2 heteroatoms. The highest BCUT2D eigenvalue weighted by Crippen LogP contribution is 2.11. The molecule has 15 heavy (non-hydrogen) atoms. The van der Waals surface area contributed by atoms with Crippen LogP contribution in [-0.2, 0) is 4.74 Å². The van der Waals surface area contributed by atoms with Gasteiger partial charge in [0.15, 0.2) is 5.78 Å². The molecule has 80 valence electrons. The van der Waals surface area contributed by atoms with Gasteiger partial charge in [0.1, 0.15) is 0 Å². The van der Waals surface area contributed by atoms with Crippen molar-refractivity contribution in [1.82, 2.24) is 0 Å². The predicted molar refractivity (Wildman–Crippen MR) is 60.8 cm³/mol. The monoisotopic (exact) mass is 204 g/mol. The normalized spacial score (nSPS) is 11.2. The van der Waals surface area contributed by atoms with Crippen LogP contribution in [0.1, 0.15) is 30.6 Å². The number of allylic oxidation sites excluding steroid dienone is 1. The molecule has 0 aliphatic rings. The van der Waals surface area contributed by atoms with Crippen molar-refractivity contribution in [1.29, 1.82) is 0 Å². The zero-order valence-electron chi connectivity index (χ0n) is 9.19. The lowest BCUT2D eigenvalue weighted by Gasteiger charge is -2.04. The van der Waals surface area contributed by atoms with E-state index >= 15 is 0 Å². The molecule has 0 saturated heterocycles. The Morgan fingerprint density at radius 3 is 2.47 bits per heavy atom. The Kier molecular flexibility index (Phi) is 4.61. The maximum Gasteiger partial charge on any atom is 0.192 e. The van der Waals surface area contributed by atoms with Crippen molar-refractivity contribution in [3.05, 3.63) is 47.7 Å². The molecular weight excluding hydrogens is 188 g/mol. The molecule has 0 unspecified atom stereocenters. The summed E-state index contributed by atoms with van der Waals surface area (Å²) in [6.07, 6.45) is 2.25. The number of rotatable bonds is 5. The van der Waals surface area contributed by atoms with Gasteiger partial charge in [0, 0.05) is 11.1 Å². The Bertz CT molecular complexity index is 339. The van der Waals surface area contributed by atoms with Crippen LogP contribution < -0.4 is 0 Å². The quantitative estimate of drug-likeness (QED) is 0.418. The van der Waals surface area contributed by atoms with E-state index in [9.17, 15) is 4.79 Å². The molecule has 0 atom stereocenters. The molecule has 0 aromatic heterocycles. The second-order valence-corrected chi connectivity index (χ2v) is 3.15. The first-order valence-corrected chi connectivity index (χ1v) is 5.20. The van der Waals surface area contributed by atoms with Gasteiger partial charge in [-0.25, -0.2) is 0 Å². The molecule has 2 nitrogen and oxygen atoms in total. The summed E-state index contributed by atoms with van der Waals surface area (Å²) in [5, 5.41) is 0. The van der Waals surface area contributed by atoms with Gasteiger partial charge in [0.05, 0.1) is 12.9 Å². The molecule has 0 radical (unpaired) electrons. The third-order valence-electron chi connectivity index (χ3n) is 2.10. The highest BCUT2D eigenvalue weighted by molar-refractivity contribution is 6.08. The summed E-state index contributed by atoms with van der Waals surface area (Å²) < 4.78 is 5.15. The molecule has 0 heterocycles. The Hall–Kier alpha value is -1.57. The van der Waals surface area contributed by atoms with Gasteiger partial charge < -0.3 is 4.74 Å². The van der Waals surface area contributed by atoms with Gasteiger partial charge in [-0.3, -0.25) is 4.79 Å². The van der Waals surface area contributed by atoms with Crippen molar-refractivity contribution in [2.24, 2.45) is 0 Å². The summed E-state index contributed by atoms with van der Waals surface area (Å²) in [5.41, 5.74) is 1.42. The van der Waals surface area contributed by atoms with Crippen LogP contribution in [0.15, 0.2) is 42.2 Å². The summed E-state index contributed by atoms with van der Waals surface area (Å²) >= 11 is 0. The molecular formula is C13H16O2. The largest absolute Gasteiger partial charge is 0.501 e. The molecule has 0 aliphatic carbocycles. The fourth-order valence-electron chi connectivity index (χ4n) is 1.26. The zero-order chi connectivity index (χ0) is 11.1. The number of ketones is 1. The first-order chi connectivity index (χ1) is 7.29. The maximum absolute atomic E-state index is 11.9. The molecule has 0 spiro atoms. The Morgan fingerprint density at radius 2 is 1.93 bits per heavy atom. The van der Waals surface area contributed by atoms with Gasteiger partial charge >= 0.3 is 0 Å². The highest BCUT2D eigenvalue weighted by atomic mass is 16.5. The number of ether oxygens (including phenoxy) is 1. The molecule has 0 fully saturated rings. The van der Waals surface area contributed by atoms with E-state index in [1.165, 1.54) is 0 Å². The van der Waals surface area contributed by atoms with E-state index in [2.05, 4.69) is 0 Å².